The third-order valence-electron chi connectivity index (χ3n) is 5.68. The second-order valence-electron chi connectivity index (χ2n) is 8.04. The minimum Gasteiger partial charge on any atom is -0.466 e. The highest BCUT2D eigenvalue weighted by Crippen LogP contribution is 2.56. The molecule has 3 nitrogen and oxygen atoms in total. The molecule has 1 heterocycles. The first-order chi connectivity index (χ1) is 13.4. The largest absolute Gasteiger partial charge is 0.466 e. The first kappa shape index (κ1) is 20.9. The summed E-state index contributed by atoms with van der Waals surface area (Å²) >= 11 is 0. The lowest BCUT2D eigenvalue weighted by atomic mass is 9.90. The number of carbonyl (C=O) groups excluding carboxylic acids is 1. The second kappa shape index (κ2) is 8.71. The van der Waals surface area contributed by atoms with E-state index in [1.165, 1.54) is 10.5 Å². The molecule has 28 heavy (non-hydrogen) atoms. The van der Waals surface area contributed by atoms with E-state index in [1.54, 1.807) is 0 Å². The van der Waals surface area contributed by atoms with E-state index in [4.69, 9.17) is 4.74 Å². The van der Waals surface area contributed by atoms with Crippen LogP contribution in [0.4, 0.5) is 0 Å². The second-order valence-corrected chi connectivity index (χ2v) is 10.7. The van der Waals surface area contributed by atoms with Gasteiger partial charge in [-0.25, -0.2) is 0 Å². The smallest absolute Gasteiger partial charge is 0.315 e. The highest BCUT2D eigenvalue weighted by molar-refractivity contribution is 8.06. The van der Waals surface area contributed by atoms with Gasteiger partial charge in [0.25, 0.3) is 0 Å². The lowest BCUT2D eigenvalue weighted by Crippen LogP contribution is -2.44. The van der Waals surface area contributed by atoms with Crippen LogP contribution in [0.1, 0.15) is 46.2 Å². The van der Waals surface area contributed by atoms with Gasteiger partial charge < -0.3 is 10.1 Å². The van der Waals surface area contributed by atoms with Gasteiger partial charge >= 0.3 is 5.97 Å². The van der Waals surface area contributed by atoms with E-state index in [0.29, 0.717) is 11.9 Å². The Kier molecular flexibility index (Phi) is 6.51. The molecule has 1 aliphatic heterocycles. The first-order valence-corrected chi connectivity index (χ1v) is 11.4. The van der Waals surface area contributed by atoms with Crippen molar-refractivity contribution in [2.24, 2.45) is 5.92 Å². The highest BCUT2D eigenvalue weighted by atomic mass is 32.2. The number of rotatable bonds is 8. The Morgan fingerprint density at radius 1 is 1.07 bits per heavy atom. The minimum absolute atomic E-state index is 0.0275. The predicted octanol–water partition coefficient (Wildman–Crippen LogP) is 4.74. The van der Waals surface area contributed by atoms with Gasteiger partial charge in [0.15, 0.2) is 14.9 Å². The van der Waals surface area contributed by atoms with Gasteiger partial charge in [-0.15, -0.1) is 0 Å². The summed E-state index contributed by atoms with van der Waals surface area (Å²) in [5, 5.41) is 3.96. The quantitative estimate of drug-likeness (QED) is 0.396. The van der Waals surface area contributed by atoms with Crippen molar-refractivity contribution >= 4 is 16.9 Å². The van der Waals surface area contributed by atoms with Gasteiger partial charge in [0.2, 0.25) is 0 Å². The molecule has 0 aliphatic carbocycles. The molecule has 2 aromatic carbocycles. The van der Waals surface area contributed by atoms with Crippen molar-refractivity contribution in [1.29, 1.82) is 0 Å². The van der Waals surface area contributed by atoms with Crippen LogP contribution in [0.3, 0.4) is 0 Å². The number of esters is 1. The van der Waals surface area contributed by atoms with Crippen LogP contribution in [0.15, 0.2) is 65.6 Å². The minimum atomic E-state index is -0.162. The fourth-order valence-electron chi connectivity index (χ4n) is 4.23. The van der Waals surface area contributed by atoms with Gasteiger partial charge in [0, 0.05) is 23.0 Å². The van der Waals surface area contributed by atoms with Gasteiger partial charge in [-0.2, -0.15) is 0 Å². The van der Waals surface area contributed by atoms with Crippen LogP contribution >= 0.6 is 0 Å². The number of carbonyl (C=O) groups is 1. The third-order valence-corrected chi connectivity index (χ3v) is 8.99. The molecule has 1 saturated heterocycles. The van der Waals surface area contributed by atoms with Crippen molar-refractivity contribution in [2.45, 2.75) is 61.6 Å². The summed E-state index contributed by atoms with van der Waals surface area (Å²) in [6, 6.07) is 21.2. The average Bonchev–Trinajstić information content (AvgIpc) is 3.24. The normalized spacial score (nSPS) is 23.5. The molecule has 0 radical (unpaired) electrons. The van der Waals surface area contributed by atoms with E-state index in [1.807, 2.05) is 19.1 Å². The van der Waals surface area contributed by atoms with Gasteiger partial charge in [-0.3, -0.25) is 4.79 Å². The Labute approximate surface area is 172 Å². The summed E-state index contributed by atoms with van der Waals surface area (Å²) in [4.78, 5) is 14.3. The molecule has 1 aliphatic rings. The number of hydrogen-bond donors (Lipinski definition) is 1. The van der Waals surface area contributed by atoms with E-state index in [0.717, 1.165) is 0 Å². The molecule has 4 heteroatoms. The van der Waals surface area contributed by atoms with Crippen molar-refractivity contribution in [3.05, 3.63) is 66.2 Å². The first-order valence-electron chi connectivity index (χ1n) is 10.1. The monoisotopic (exact) mass is 398 g/mol. The average molecular weight is 399 g/mol. The van der Waals surface area contributed by atoms with Crippen LogP contribution in [0.5, 0.6) is 0 Å². The van der Waals surface area contributed by atoms with Crippen molar-refractivity contribution < 1.29 is 9.53 Å². The fourth-order valence-corrected chi connectivity index (χ4v) is 7.45. The molecular formula is C24H32NO2S+. The maximum absolute atomic E-state index is 13.0. The predicted molar refractivity (Wildman–Crippen MR) is 118 cm³/mol. The highest BCUT2D eigenvalue weighted by Gasteiger charge is 2.76. The number of ether oxygens (including phenoxy) is 1. The molecule has 1 unspecified atom stereocenters. The Morgan fingerprint density at radius 3 is 2.21 bits per heavy atom. The van der Waals surface area contributed by atoms with Crippen molar-refractivity contribution in [3.8, 4) is 0 Å². The van der Waals surface area contributed by atoms with Crippen molar-refractivity contribution in [2.75, 3.05) is 6.61 Å². The molecule has 3 rings (SSSR count). The number of benzene rings is 2. The van der Waals surface area contributed by atoms with E-state index in [2.05, 4.69) is 81.5 Å². The zero-order chi connectivity index (χ0) is 20.3. The summed E-state index contributed by atoms with van der Waals surface area (Å²) < 4.78 is 5.62. The van der Waals surface area contributed by atoms with Crippen LogP contribution < -0.4 is 5.32 Å². The standard InChI is InChI=1S/C24H32NO2S/c1-6-27-23(26)21(18(3)25-17(2)19-13-9-7-10-14-19)22-24(4,5)28(22)20-15-11-8-12-16-20/h7-18,21-22,25H,6H2,1-5H3/q+1/t17-,18-,21+,22-,28?/m0/s1. The Hall–Kier alpha value is -1.78. The summed E-state index contributed by atoms with van der Waals surface area (Å²) in [7, 11) is 0.0480. The molecule has 0 amide bonds. The molecule has 5 atom stereocenters. The van der Waals surface area contributed by atoms with Crippen molar-refractivity contribution in [3.63, 3.8) is 0 Å². The lowest BCUT2D eigenvalue weighted by molar-refractivity contribution is -0.148. The lowest BCUT2D eigenvalue weighted by Gasteiger charge is -2.25. The van der Waals surface area contributed by atoms with Gasteiger partial charge in [-0.05, 0) is 52.3 Å². The van der Waals surface area contributed by atoms with Gasteiger partial charge in [-0.1, -0.05) is 48.5 Å². The van der Waals surface area contributed by atoms with Gasteiger partial charge in [0.1, 0.15) is 5.92 Å². The molecule has 1 fully saturated rings. The topological polar surface area (TPSA) is 38.3 Å². The maximum Gasteiger partial charge on any atom is 0.315 e. The Balaban J connectivity index is 1.82. The molecular weight excluding hydrogens is 366 g/mol. The molecule has 0 bridgehead atoms. The van der Waals surface area contributed by atoms with E-state index in [9.17, 15) is 4.79 Å². The van der Waals surface area contributed by atoms with Crippen LogP contribution in [0, 0.1) is 5.92 Å². The Morgan fingerprint density at radius 2 is 1.64 bits per heavy atom. The van der Waals surface area contributed by atoms with Gasteiger partial charge in [0.05, 0.1) is 6.61 Å². The molecule has 0 spiro atoms. The third kappa shape index (κ3) is 4.28. The molecule has 150 valence electrons. The van der Waals surface area contributed by atoms with Crippen LogP contribution in [-0.2, 0) is 20.4 Å². The van der Waals surface area contributed by atoms with Crippen molar-refractivity contribution in [1.82, 2.24) is 5.32 Å². The molecule has 0 aromatic heterocycles. The van der Waals surface area contributed by atoms with E-state index in [-0.39, 0.29) is 39.6 Å². The summed E-state index contributed by atoms with van der Waals surface area (Å²) in [6.45, 7) is 11.2. The SMILES string of the molecule is CCOC(=O)[C@H]([C@H](C)N[C@@H](C)c1ccccc1)[C@@H]1[S+](c2ccccc2)C1(C)C. The van der Waals surface area contributed by atoms with Crippen LogP contribution in [0.2, 0.25) is 0 Å². The summed E-state index contributed by atoms with van der Waals surface area (Å²) in [6.07, 6.45) is 0. The number of nitrogens with one attached hydrogen (secondary N) is 1. The maximum atomic E-state index is 13.0. The summed E-state index contributed by atoms with van der Waals surface area (Å²) in [5.41, 5.74) is 1.23. The van der Waals surface area contributed by atoms with E-state index < -0.39 is 0 Å². The van der Waals surface area contributed by atoms with E-state index >= 15 is 0 Å². The summed E-state index contributed by atoms with van der Waals surface area (Å²) in [5.74, 6) is -0.239. The zero-order valence-electron chi connectivity index (χ0n) is 17.5. The molecule has 1 N–H and O–H groups in total. The zero-order valence-corrected chi connectivity index (χ0v) is 18.3. The Bertz CT molecular complexity index is 778. The van der Waals surface area contributed by atoms with Crippen LogP contribution in [0.25, 0.3) is 0 Å². The molecule has 0 saturated carbocycles. The van der Waals surface area contributed by atoms with Crippen LogP contribution in [-0.4, -0.2) is 28.6 Å². The number of hydrogen-bond acceptors (Lipinski definition) is 3. The molecule has 2 aromatic rings. The fraction of sp³-hybridized carbons (Fsp3) is 0.458.